The number of carbonyl (C=O) groups is 1. The number of rotatable bonds is 4. The van der Waals surface area contributed by atoms with Gasteiger partial charge in [0.1, 0.15) is 5.75 Å². The van der Waals surface area contributed by atoms with E-state index in [0.717, 1.165) is 22.9 Å². The molecule has 0 fully saturated rings. The van der Waals surface area contributed by atoms with Gasteiger partial charge in [-0.05, 0) is 31.5 Å². The lowest BCUT2D eigenvalue weighted by molar-refractivity contribution is 0.112. The molecule has 1 aromatic rings. The van der Waals surface area contributed by atoms with E-state index in [1.807, 2.05) is 19.1 Å². The zero-order chi connectivity index (χ0) is 10.6. The molecule has 1 atom stereocenters. The Bertz CT molecular complexity index is 323. The van der Waals surface area contributed by atoms with E-state index in [-0.39, 0.29) is 6.10 Å². The zero-order valence-corrected chi connectivity index (χ0v) is 9.87. The molecule has 76 valence electrons. The van der Waals surface area contributed by atoms with Crippen LogP contribution in [0.4, 0.5) is 0 Å². The summed E-state index contributed by atoms with van der Waals surface area (Å²) in [5.41, 5.74) is 0.616. The largest absolute Gasteiger partial charge is 0.491 e. The van der Waals surface area contributed by atoms with Gasteiger partial charge in [0.05, 0.1) is 6.10 Å². The fourth-order valence-electron chi connectivity index (χ4n) is 1.00. The van der Waals surface area contributed by atoms with Crippen molar-refractivity contribution in [2.45, 2.75) is 26.4 Å². The molecular formula is C11H13BrO2. The van der Waals surface area contributed by atoms with E-state index < -0.39 is 0 Å². The molecule has 0 bridgehead atoms. The maximum Gasteiger partial charge on any atom is 0.151 e. The highest BCUT2D eigenvalue weighted by Gasteiger charge is 2.04. The third kappa shape index (κ3) is 2.84. The van der Waals surface area contributed by atoms with Crippen molar-refractivity contribution in [2.24, 2.45) is 0 Å². The molecule has 0 heterocycles. The van der Waals surface area contributed by atoms with Crippen molar-refractivity contribution in [1.82, 2.24) is 0 Å². The number of hydrogen-bond donors (Lipinski definition) is 0. The summed E-state index contributed by atoms with van der Waals surface area (Å²) in [6.07, 6.45) is 1.94. The van der Waals surface area contributed by atoms with E-state index in [4.69, 9.17) is 4.74 Å². The van der Waals surface area contributed by atoms with Crippen molar-refractivity contribution >= 4 is 22.2 Å². The molecule has 0 spiro atoms. The minimum atomic E-state index is 0.177. The highest BCUT2D eigenvalue weighted by atomic mass is 79.9. The molecule has 1 unspecified atom stereocenters. The van der Waals surface area contributed by atoms with E-state index in [1.165, 1.54) is 0 Å². The summed E-state index contributed by atoms with van der Waals surface area (Å²) >= 11 is 3.29. The van der Waals surface area contributed by atoms with Gasteiger partial charge in [-0.15, -0.1) is 0 Å². The normalized spacial score (nSPS) is 12.2. The Morgan fingerprint density at radius 3 is 2.86 bits per heavy atom. The SMILES string of the molecule is CCC(C)Oc1ccc(Br)c(C=O)c1. The lowest BCUT2D eigenvalue weighted by Crippen LogP contribution is -2.09. The topological polar surface area (TPSA) is 26.3 Å². The van der Waals surface area contributed by atoms with Crippen LogP contribution < -0.4 is 4.74 Å². The second-order valence-electron chi connectivity index (χ2n) is 3.14. The van der Waals surface area contributed by atoms with Gasteiger partial charge in [0.25, 0.3) is 0 Å². The van der Waals surface area contributed by atoms with Crippen molar-refractivity contribution in [3.63, 3.8) is 0 Å². The summed E-state index contributed by atoms with van der Waals surface area (Å²) in [5, 5.41) is 0. The van der Waals surface area contributed by atoms with Gasteiger partial charge in [0.15, 0.2) is 6.29 Å². The molecule has 0 aliphatic carbocycles. The van der Waals surface area contributed by atoms with Crippen LogP contribution in [-0.4, -0.2) is 12.4 Å². The third-order valence-electron chi connectivity index (χ3n) is 2.01. The molecule has 0 aliphatic heterocycles. The van der Waals surface area contributed by atoms with Crippen molar-refractivity contribution < 1.29 is 9.53 Å². The molecule has 0 N–H and O–H groups in total. The summed E-state index contributed by atoms with van der Waals surface area (Å²) in [5.74, 6) is 0.740. The molecule has 0 aromatic heterocycles. The molecule has 3 heteroatoms. The van der Waals surface area contributed by atoms with Crippen LogP contribution in [-0.2, 0) is 0 Å². The van der Waals surface area contributed by atoms with Crippen molar-refractivity contribution in [3.05, 3.63) is 28.2 Å². The molecule has 2 nitrogen and oxygen atoms in total. The maximum absolute atomic E-state index is 10.6. The molecule has 14 heavy (non-hydrogen) atoms. The minimum Gasteiger partial charge on any atom is -0.491 e. The first-order chi connectivity index (χ1) is 6.67. The van der Waals surface area contributed by atoms with Crippen LogP contribution in [0.1, 0.15) is 30.6 Å². The third-order valence-corrected chi connectivity index (χ3v) is 2.73. The molecule has 0 aliphatic rings. The van der Waals surface area contributed by atoms with E-state index in [2.05, 4.69) is 22.9 Å². The standard InChI is InChI=1S/C11H13BrO2/c1-3-8(2)14-10-4-5-11(12)9(6-10)7-13/h4-8H,3H2,1-2H3. The highest BCUT2D eigenvalue weighted by Crippen LogP contribution is 2.22. The fourth-order valence-corrected chi connectivity index (χ4v) is 1.34. The molecule has 0 saturated carbocycles. The predicted molar refractivity (Wildman–Crippen MR) is 59.9 cm³/mol. The van der Waals surface area contributed by atoms with E-state index >= 15 is 0 Å². The second-order valence-corrected chi connectivity index (χ2v) is 3.99. The van der Waals surface area contributed by atoms with Crippen LogP contribution >= 0.6 is 15.9 Å². The molecule has 0 amide bonds. The Kier molecular flexibility index (Phi) is 4.14. The maximum atomic E-state index is 10.6. The molecule has 0 saturated heterocycles. The number of halogens is 1. The fraction of sp³-hybridized carbons (Fsp3) is 0.364. The smallest absolute Gasteiger partial charge is 0.151 e. The van der Waals surface area contributed by atoms with Crippen LogP contribution in [0.3, 0.4) is 0 Å². The molecular weight excluding hydrogens is 244 g/mol. The van der Waals surface area contributed by atoms with Gasteiger partial charge < -0.3 is 4.74 Å². The van der Waals surface area contributed by atoms with Gasteiger partial charge in [-0.3, -0.25) is 4.79 Å². The monoisotopic (exact) mass is 256 g/mol. The Labute approximate surface area is 92.4 Å². The summed E-state index contributed by atoms with van der Waals surface area (Å²) < 4.78 is 6.38. The van der Waals surface area contributed by atoms with Crippen LogP contribution in [0, 0.1) is 0 Å². The zero-order valence-electron chi connectivity index (χ0n) is 8.29. The Hall–Kier alpha value is -0.830. The average molecular weight is 257 g/mol. The van der Waals surface area contributed by atoms with Crippen molar-refractivity contribution in [3.8, 4) is 5.75 Å². The first-order valence-corrected chi connectivity index (χ1v) is 5.38. The predicted octanol–water partition coefficient (Wildman–Crippen LogP) is 3.44. The van der Waals surface area contributed by atoms with Crippen LogP contribution in [0.15, 0.2) is 22.7 Å². The quantitative estimate of drug-likeness (QED) is 0.772. The molecule has 0 radical (unpaired) electrons. The van der Waals surface area contributed by atoms with Gasteiger partial charge >= 0.3 is 0 Å². The first-order valence-electron chi connectivity index (χ1n) is 4.58. The number of benzene rings is 1. The van der Waals surface area contributed by atoms with Crippen molar-refractivity contribution in [2.75, 3.05) is 0 Å². The molecule has 1 aromatic carbocycles. The lowest BCUT2D eigenvalue weighted by atomic mass is 10.2. The average Bonchev–Trinajstić information content (AvgIpc) is 2.20. The number of aldehydes is 1. The molecule has 1 rings (SSSR count). The summed E-state index contributed by atoms with van der Waals surface area (Å²) in [6, 6.07) is 5.41. The van der Waals surface area contributed by atoms with E-state index in [9.17, 15) is 4.79 Å². The van der Waals surface area contributed by atoms with Crippen LogP contribution in [0.25, 0.3) is 0 Å². The van der Waals surface area contributed by atoms with Crippen LogP contribution in [0.5, 0.6) is 5.75 Å². The minimum absolute atomic E-state index is 0.177. The van der Waals surface area contributed by atoms with Crippen molar-refractivity contribution in [1.29, 1.82) is 0 Å². The van der Waals surface area contributed by atoms with E-state index in [1.54, 1.807) is 6.07 Å². The van der Waals surface area contributed by atoms with Gasteiger partial charge in [0.2, 0.25) is 0 Å². The van der Waals surface area contributed by atoms with E-state index in [0.29, 0.717) is 5.56 Å². The number of carbonyl (C=O) groups excluding carboxylic acids is 1. The van der Waals surface area contributed by atoms with Gasteiger partial charge in [-0.1, -0.05) is 22.9 Å². The Morgan fingerprint density at radius 1 is 1.57 bits per heavy atom. The summed E-state index contributed by atoms with van der Waals surface area (Å²) in [4.78, 5) is 10.6. The highest BCUT2D eigenvalue weighted by molar-refractivity contribution is 9.10. The Balaban J connectivity index is 2.84. The van der Waals surface area contributed by atoms with Crippen LogP contribution in [0.2, 0.25) is 0 Å². The first kappa shape index (κ1) is 11.2. The lowest BCUT2D eigenvalue weighted by Gasteiger charge is -2.12. The Morgan fingerprint density at radius 2 is 2.29 bits per heavy atom. The van der Waals surface area contributed by atoms with Gasteiger partial charge in [-0.25, -0.2) is 0 Å². The number of ether oxygens (including phenoxy) is 1. The van der Waals surface area contributed by atoms with Gasteiger partial charge in [0, 0.05) is 10.0 Å². The summed E-state index contributed by atoms with van der Waals surface area (Å²) in [7, 11) is 0. The number of hydrogen-bond acceptors (Lipinski definition) is 2. The summed E-state index contributed by atoms with van der Waals surface area (Å²) in [6.45, 7) is 4.06. The second kappa shape index (κ2) is 5.15. The van der Waals surface area contributed by atoms with Gasteiger partial charge in [-0.2, -0.15) is 0 Å².